The molecule has 0 atom stereocenters. The lowest BCUT2D eigenvalue weighted by Gasteiger charge is -2.04. The highest BCUT2D eigenvalue weighted by Crippen LogP contribution is 2.25. The van der Waals surface area contributed by atoms with Gasteiger partial charge in [0.15, 0.2) is 0 Å². The molecule has 1 nitrogen and oxygen atoms in total. The van der Waals surface area contributed by atoms with Gasteiger partial charge in [0.1, 0.15) is 5.75 Å². The summed E-state index contributed by atoms with van der Waals surface area (Å²) in [5.74, 6) is 0.727. The van der Waals surface area contributed by atoms with Crippen molar-refractivity contribution in [2.24, 2.45) is 0 Å². The van der Waals surface area contributed by atoms with Crippen molar-refractivity contribution in [2.75, 3.05) is 7.11 Å². The van der Waals surface area contributed by atoms with Crippen LogP contribution in [0, 0.1) is 6.42 Å². The molecule has 1 radical (unpaired) electrons. The minimum Gasteiger partial charge on any atom is -0.495 e. The van der Waals surface area contributed by atoms with E-state index in [1.165, 1.54) is 0 Å². The van der Waals surface area contributed by atoms with Crippen LogP contribution in [0.2, 0.25) is 5.02 Å². The van der Waals surface area contributed by atoms with Gasteiger partial charge in [-0.15, -0.1) is 0 Å². The van der Waals surface area contributed by atoms with Crippen molar-refractivity contribution in [3.8, 4) is 5.75 Å². The fraction of sp³-hybridized carbons (Fsp3) is 0.300. The van der Waals surface area contributed by atoms with Crippen molar-refractivity contribution >= 4 is 11.6 Å². The average molecular weight is 184 g/mol. The summed E-state index contributed by atoms with van der Waals surface area (Å²) in [6.45, 7) is 2.10. The quantitative estimate of drug-likeness (QED) is 0.699. The number of ether oxygens (including phenoxy) is 1. The number of methoxy groups -OCH3 is 1. The Morgan fingerprint density at radius 1 is 1.50 bits per heavy atom. The molecule has 0 aromatic heterocycles. The molecule has 0 N–H and O–H groups in total. The molecule has 0 bridgehead atoms. The molecule has 0 heterocycles. The first-order valence-corrected chi connectivity index (χ1v) is 4.32. The van der Waals surface area contributed by atoms with Crippen molar-refractivity contribution in [1.82, 2.24) is 0 Å². The highest BCUT2D eigenvalue weighted by Gasteiger charge is 2.00. The lowest BCUT2D eigenvalue weighted by atomic mass is 10.1. The summed E-state index contributed by atoms with van der Waals surface area (Å²) in [7, 11) is 1.62. The van der Waals surface area contributed by atoms with Crippen molar-refractivity contribution in [2.45, 2.75) is 13.3 Å². The third-order valence-electron chi connectivity index (χ3n) is 1.62. The third kappa shape index (κ3) is 2.15. The molecule has 0 aliphatic rings. The van der Waals surface area contributed by atoms with E-state index in [9.17, 15) is 0 Å². The van der Waals surface area contributed by atoms with Gasteiger partial charge in [-0.05, 0) is 30.5 Å². The normalized spacial score (nSPS) is 9.92. The first-order chi connectivity index (χ1) is 5.77. The monoisotopic (exact) mass is 183 g/mol. The van der Waals surface area contributed by atoms with Gasteiger partial charge in [0.2, 0.25) is 0 Å². The molecule has 1 rings (SSSR count). The first kappa shape index (κ1) is 9.40. The van der Waals surface area contributed by atoms with Crippen molar-refractivity contribution in [3.63, 3.8) is 0 Å². The van der Waals surface area contributed by atoms with Crippen LogP contribution in [-0.4, -0.2) is 7.11 Å². The second-order valence-corrected chi connectivity index (χ2v) is 2.91. The van der Waals surface area contributed by atoms with E-state index >= 15 is 0 Å². The summed E-state index contributed by atoms with van der Waals surface area (Å²) < 4.78 is 5.03. The average Bonchev–Trinajstić information content (AvgIpc) is 2.05. The van der Waals surface area contributed by atoms with Gasteiger partial charge in [-0.25, -0.2) is 0 Å². The van der Waals surface area contributed by atoms with Crippen LogP contribution in [0.3, 0.4) is 0 Å². The van der Waals surface area contributed by atoms with E-state index < -0.39 is 0 Å². The zero-order valence-electron chi connectivity index (χ0n) is 7.30. The van der Waals surface area contributed by atoms with Crippen LogP contribution in [0.4, 0.5) is 0 Å². The van der Waals surface area contributed by atoms with Crippen LogP contribution in [-0.2, 0) is 0 Å². The zero-order valence-corrected chi connectivity index (χ0v) is 8.06. The molecule has 0 saturated heterocycles. The largest absolute Gasteiger partial charge is 0.495 e. The maximum atomic E-state index is 5.92. The Kier molecular flexibility index (Phi) is 3.42. The maximum Gasteiger partial charge on any atom is 0.137 e. The third-order valence-corrected chi connectivity index (χ3v) is 1.91. The summed E-state index contributed by atoms with van der Waals surface area (Å²) in [5.41, 5.74) is 1.14. The van der Waals surface area contributed by atoms with Crippen LogP contribution >= 0.6 is 11.6 Å². The lowest BCUT2D eigenvalue weighted by molar-refractivity contribution is 0.415. The molecule has 1 aromatic carbocycles. The first-order valence-electron chi connectivity index (χ1n) is 3.94. The van der Waals surface area contributed by atoms with Crippen LogP contribution in [0.25, 0.3) is 0 Å². The molecule has 0 amide bonds. The van der Waals surface area contributed by atoms with Gasteiger partial charge in [-0.3, -0.25) is 0 Å². The minimum atomic E-state index is 0.666. The Bertz CT molecular complexity index is 258. The van der Waals surface area contributed by atoms with Crippen LogP contribution in [0.15, 0.2) is 18.2 Å². The molecular formula is C10H12ClO. The number of halogens is 1. The number of benzene rings is 1. The number of hydrogen-bond donors (Lipinski definition) is 0. The molecule has 0 saturated carbocycles. The SMILES string of the molecule is CC[CH]c1ccc(OC)c(Cl)c1. The summed E-state index contributed by atoms with van der Waals surface area (Å²) in [6.07, 6.45) is 3.13. The van der Waals surface area contributed by atoms with Crippen molar-refractivity contribution in [1.29, 1.82) is 0 Å². The molecule has 0 spiro atoms. The van der Waals surface area contributed by atoms with Crippen LogP contribution in [0.5, 0.6) is 5.75 Å². The smallest absolute Gasteiger partial charge is 0.137 e. The molecule has 2 heteroatoms. The van der Waals surface area contributed by atoms with E-state index in [1.807, 2.05) is 18.2 Å². The number of hydrogen-bond acceptors (Lipinski definition) is 1. The highest BCUT2D eigenvalue weighted by atomic mass is 35.5. The van der Waals surface area contributed by atoms with E-state index in [0.717, 1.165) is 17.7 Å². The molecule has 0 fully saturated rings. The van der Waals surface area contributed by atoms with Crippen LogP contribution in [0.1, 0.15) is 18.9 Å². The second-order valence-electron chi connectivity index (χ2n) is 2.51. The predicted octanol–water partition coefficient (Wildman–Crippen LogP) is 3.31. The summed E-state index contributed by atoms with van der Waals surface area (Å²) in [6, 6.07) is 5.78. The summed E-state index contributed by atoms with van der Waals surface area (Å²) >= 11 is 5.92. The van der Waals surface area contributed by atoms with Gasteiger partial charge in [0.05, 0.1) is 12.1 Å². The zero-order chi connectivity index (χ0) is 8.97. The van der Waals surface area contributed by atoms with Gasteiger partial charge in [-0.2, -0.15) is 0 Å². The minimum absolute atomic E-state index is 0.666. The Labute approximate surface area is 78.3 Å². The van der Waals surface area contributed by atoms with Gasteiger partial charge >= 0.3 is 0 Å². The Balaban J connectivity index is 2.86. The predicted molar refractivity (Wildman–Crippen MR) is 51.7 cm³/mol. The highest BCUT2D eigenvalue weighted by molar-refractivity contribution is 6.32. The lowest BCUT2D eigenvalue weighted by Crippen LogP contribution is -1.86. The maximum absolute atomic E-state index is 5.92. The molecule has 0 aliphatic heterocycles. The molecule has 0 unspecified atom stereocenters. The summed E-state index contributed by atoms with van der Waals surface area (Å²) in [5, 5.41) is 0.666. The molecule has 65 valence electrons. The Morgan fingerprint density at radius 2 is 2.25 bits per heavy atom. The summed E-state index contributed by atoms with van der Waals surface area (Å²) in [4.78, 5) is 0. The fourth-order valence-electron chi connectivity index (χ4n) is 1.05. The van der Waals surface area contributed by atoms with E-state index in [0.29, 0.717) is 5.02 Å². The molecule has 1 aromatic rings. The van der Waals surface area contributed by atoms with Gasteiger partial charge in [0.25, 0.3) is 0 Å². The van der Waals surface area contributed by atoms with E-state index in [1.54, 1.807) is 7.11 Å². The van der Waals surface area contributed by atoms with E-state index in [2.05, 4.69) is 13.3 Å². The molecular weight excluding hydrogens is 172 g/mol. The fourth-order valence-corrected chi connectivity index (χ4v) is 1.31. The standard InChI is InChI=1S/C10H12ClO/c1-3-4-8-5-6-10(12-2)9(11)7-8/h4-7H,3H2,1-2H3. The van der Waals surface area contributed by atoms with E-state index in [4.69, 9.17) is 16.3 Å². The van der Waals surface area contributed by atoms with Crippen molar-refractivity contribution < 1.29 is 4.74 Å². The Morgan fingerprint density at radius 3 is 2.75 bits per heavy atom. The van der Waals surface area contributed by atoms with Gasteiger partial charge < -0.3 is 4.74 Å². The topological polar surface area (TPSA) is 9.23 Å². The number of rotatable bonds is 3. The van der Waals surface area contributed by atoms with Gasteiger partial charge in [0, 0.05) is 0 Å². The Hall–Kier alpha value is -0.690. The second kappa shape index (κ2) is 4.36. The molecule has 0 aliphatic carbocycles. The van der Waals surface area contributed by atoms with E-state index in [-0.39, 0.29) is 0 Å². The molecule has 12 heavy (non-hydrogen) atoms. The van der Waals surface area contributed by atoms with Crippen molar-refractivity contribution in [3.05, 3.63) is 35.2 Å². The van der Waals surface area contributed by atoms with Gasteiger partial charge in [-0.1, -0.05) is 24.6 Å². The van der Waals surface area contributed by atoms with Crippen LogP contribution < -0.4 is 4.74 Å².